The van der Waals surface area contributed by atoms with Crippen molar-refractivity contribution in [3.05, 3.63) is 35.6 Å². The van der Waals surface area contributed by atoms with Crippen LogP contribution in [0.1, 0.15) is 24.8 Å². The molecule has 1 atom stereocenters. The van der Waals surface area contributed by atoms with Gasteiger partial charge in [-0.2, -0.15) is 11.8 Å². The van der Waals surface area contributed by atoms with Gasteiger partial charge in [0.15, 0.2) is 0 Å². The Labute approximate surface area is 104 Å². The van der Waals surface area contributed by atoms with E-state index in [-0.39, 0.29) is 5.82 Å². The highest BCUT2D eigenvalue weighted by molar-refractivity contribution is 9.09. The predicted molar refractivity (Wildman–Crippen MR) is 70.6 cm³/mol. The van der Waals surface area contributed by atoms with Gasteiger partial charge < -0.3 is 0 Å². The molecule has 84 valence electrons. The van der Waals surface area contributed by atoms with Crippen LogP contribution in [0.4, 0.5) is 4.39 Å². The molecule has 1 rings (SSSR count). The van der Waals surface area contributed by atoms with E-state index in [1.54, 1.807) is 6.07 Å². The van der Waals surface area contributed by atoms with Crippen molar-refractivity contribution in [1.82, 2.24) is 0 Å². The molecule has 0 radical (unpaired) electrons. The lowest BCUT2D eigenvalue weighted by molar-refractivity contribution is 0.588. The number of hydrogen-bond acceptors (Lipinski definition) is 1. The molecule has 1 unspecified atom stereocenters. The Morgan fingerprint density at radius 2 is 2.13 bits per heavy atom. The summed E-state index contributed by atoms with van der Waals surface area (Å²) in [7, 11) is 0. The fraction of sp³-hybridized carbons (Fsp3) is 0.500. The highest BCUT2D eigenvalue weighted by Gasteiger charge is 2.13. The standard InChI is InChI=1S/C12H16BrFS/c1-2-15-8-7-10(9-13)11-5-3-4-6-12(11)14/h3-6,10H,2,7-9H2,1H3. The molecule has 1 aromatic carbocycles. The first kappa shape index (κ1) is 13.0. The van der Waals surface area contributed by atoms with Crippen molar-refractivity contribution in [3.63, 3.8) is 0 Å². The molecule has 0 amide bonds. The normalized spacial score (nSPS) is 12.7. The molecular formula is C12H16BrFS. The summed E-state index contributed by atoms with van der Waals surface area (Å²) in [4.78, 5) is 0. The van der Waals surface area contributed by atoms with E-state index >= 15 is 0 Å². The van der Waals surface area contributed by atoms with E-state index in [9.17, 15) is 4.39 Å². The van der Waals surface area contributed by atoms with E-state index in [1.165, 1.54) is 6.07 Å². The third-order valence-electron chi connectivity index (χ3n) is 2.35. The average molecular weight is 291 g/mol. The third-order valence-corrected chi connectivity index (χ3v) is 4.06. The summed E-state index contributed by atoms with van der Waals surface area (Å²) in [5, 5.41) is 0.832. The van der Waals surface area contributed by atoms with E-state index in [0.29, 0.717) is 5.92 Å². The van der Waals surface area contributed by atoms with Gasteiger partial charge in [0.05, 0.1) is 0 Å². The lowest BCUT2D eigenvalue weighted by Crippen LogP contribution is -2.04. The van der Waals surface area contributed by atoms with Gasteiger partial charge in [-0.05, 0) is 35.5 Å². The van der Waals surface area contributed by atoms with Crippen LogP contribution in [-0.2, 0) is 0 Å². The van der Waals surface area contributed by atoms with E-state index in [2.05, 4.69) is 22.9 Å². The molecule has 0 aliphatic heterocycles. The van der Waals surface area contributed by atoms with Crippen molar-refractivity contribution in [2.45, 2.75) is 19.3 Å². The molecule has 0 saturated heterocycles. The predicted octanol–water partition coefficient (Wildman–Crippen LogP) is 4.45. The summed E-state index contributed by atoms with van der Waals surface area (Å²) in [6, 6.07) is 7.07. The van der Waals surface area contributed by atoms with Crippen LogP contribution in [0.5, 0.6) is 0 Å². The molecule has 0 aliphatic rings. The van der Waals surface area contributed by atoms with Crippen molar-refractivity contribution in [2.75, 3.05) is 16.8 Å². The minimum atomic E-state index is -0.0801. The fourth-order valence-corrected chi connectivity index (χ4v) is 2.90. The molecular weight excluding hydrogens is 275 g/mol. The quantitative estimate of drug-likeness (QED) is 0.551. The maximum atomic E-state index is 13.5. The maximum absolute atomic E-state index is 13.5. The third kappa shape index (κ3) is 4.15. The van der Waals surface area contributed by atoms with Gasteiger partial charge in [0.2, 0.25) is 0 Å². The topological polar surface area (TPSA) is 0 Å². The summed E-state index contributed by atoms with van der Waals surface area (Å²) < 4.78 is 13.5. The summed E-state index contributed by atoms with van der Waals surface area (Å²) in [5.41, 5.74) is 0.839. The summed E-state index contributed by atoms with van der Waals surface area (Å²) in [6.45, 7) is 2.15. The van der Waals surface area contributed by atoms with E-state index < -0.39 is 0 Å². The van der Waals surface area contributed by atoms with Gasteiger partial charge in [0, 0.05) is 5.33 Å². The van der Waals surface area contributed by atoms with Crippen LogP contribution in [0.15, 0.2) is 24.3 Å². The summed E-state index contributed by atoms with van der Waals surface area (Å²) in [5.74, 6) is 2.45. The smallest absolute Gasteiger partial charge is 0.126 e. The Morgan fingerprint density at radius 3 is 2.73 bits per heavy atom. The Kier molecular flexibility index (Phi) is 6.34. The molecule has 0 N–H and O–H groups in total. The van der Waals surface area contributed by atoms with Gasteiger partial charge >= 0.3 is 0 Å². The zero-order valence-corrected chi connectivity index (χ0v) is 11.3. The Hall–Kier alpha value is -0.0200. The van der Waals surface area contributed by atoms with Gasteiger partial charge in [0.1, 0.15) is 5.82 Å². The first-order chi connectivity index (χ1) is 7.29. The number of thioether (sulfide) groups is 1. The second-order valence-corrected chi connectivity index (χ2v) is 5.40. The molecule has 0 heterocycles. The largest absolute Gasteiger partial charge is 0.207 e. The molecule has 0 aliphatic carbocycles. The lowest BCUT2D eigenvalue weighted by atomic mass is 9.98. The zero-order valence-electron chi connectivity index (χ0n) is 8.88. The number of hydrogen-bond donors (Lipinski definition) is 0. The van der Waals surface area contributed by atoms with Crippen LogP contribution in [0.25, 0.3) is 0 Å². The lowest BCUT2D eigenvalue weighted by Gasteiger charge is -2.14. The van der Waals surface area contributed by atoms with E-state index in [0.717, 1.165) is 28.8 Å². The van der Waals surface area contributed by atoms with Crippen molar-refractivity contribution in [1.29, 1.82) is 0 Å². The van der Waals surface area contributed by atoms with Crippen molar-refractivity contribution in [2.24, 2.45) is 0 Å². The van der Waals surface area contributed by atoms with Crippen LogP contribution >= 0.6 is 27.7 Å². The summed E-state index contributed by atoms with van der Waals surface area (Å²) in [6.07, 6.45) is 1.03. The van der Waals surface area contributed by atoms with E-state index in [1.807, 2.05) is 23.9 Å². The number of rotatable bonds is 6. The summed E-state index contributed by atoms with van der Waals surface area (Å²) >= 11 is 5.37. The second kappa shape index (κ2) is 7.29. The Morgan fingerprint density at radius 1 is 1.40 bits per heavy atom. The molecule has 0 saturated carbocycles. The molecule has 1 aromatic rings. The molecule has 3 heteroatoms. The van der Waals surface area contributed by atoms with Gasteiger partial charge in [-0.3, -0.25) is 0 Å². The first-order valence-electron chi connectivity index (χ1n) is 5.17. The first-order valence-corrected chi connectivity index (χ1v) is 7.45. The monoisotopic (exact) mass is 290 g/mol. The minimum Gasteiger partial charge on any atom is -0.207 e. The molecule has 0 spiro atoms. The van der Waals surface area contributed by atoms with Crippen molar-refractivity contribution < 1.29 is 4.39 Å². The van der Waals surface area contributed by atoms with Gasteiger partial charge in [-0.1, -0.05) is 41.1 Å². The Balaban J connectivity index is 2.61. The maximum Gasteiger partial charge on any atom is 0.126 e. The second-order valence-electron chi connectivity index (χ2n) is 3.36. The molecule has 0 aromatic heterocycles. The average Bonchev–Trinajstić information content (AvgIpc) is 2.26. The molecule has 15 heavy (non-hydrogen) atoms. The van der Waals surface area contributed by atoms with Crippen LogP contribution in [0.2, 0.25) is 0 Å². The Bertz CT molecular complexity index is 291. The van der Waals surface area contributed by atoms with Gasteiger partial charge in [-0.25, -0.2) is 4.39 Å². The SMILES string of the molecule is CCSCCC(CBr)c1ccccc1F. The number of alkyl halides is 1. The van der Waals surface area contributed by atoms with Crippen molar-refractivity contribution >= 4 is 27.7 Å². The minimum absolute atomic E-state index is 0.0801. The van der Waals surface area contributed by atoms with Crippen LogP contribution in [0.3, 0.4) is 0 Å². The van der Waals surface area contributed by atoms with Crippen LogP contribution in [0, 0.1) is 5.82 Å². The van der Waals surface area contributed by atoms with Gasteiger partial charge in [0.25, 0.3) is 0 Å². The van der Waals surface area contributed by atoms with E-state index in [4.69, 9.17) is 0 Å². The zero-order chi connectivity index (χ0) is 11.1. The molecule has 0 fully saturated rings. The van der Waals surface area contributed by atoms with Crippen LogP contribution in [-0.4, -0.2) is 16.8 Å². The number of benzene rings is 1. The molecule has 0 bridgehead atoms. The fourth-order valence-electron chi connectivity index (χ4n) is 1.49. The highest BCUT2D eigenvalue weighted by atomic mass is 79.9. The highest BCUT2D eigenvalue weighted by Crippen LogP contribution is 2.25. The molecule has 0 nitrogen and oxygen atoms in total. The van der Waals surface area contributed by atoms with Crippen molar-refractivity contribution in [3.8, 4) is 0 Å². The number of halogens is 2. The van der Waals surface area contributed by atoms with Gasteiger partial charge in [-0.15, -0.1) is 0 Å². The van der Waals surface area contributed by atoms with Crippen LogP contribution < -0.4 is 0 Å².